The van der Waals surface area contributed by atoms with Crippen LogP contribution in [0.4, 0.5) is 0 Å². The second-order valence-electron chi connectivity index (χ2n) is 10.1. The Kier molecular flexibility index (Phi) is 7.67. The van der Waals surface area contributed by atoms with Gasteiger partial charge in [0.15, 0.2) is 8.32 Å². The molecule has 0 amide bonds. The molecular weight excluding hydrogens is 392 g/mol. The first kappa shape index (κ1) is 24.3. The average Bonchev–Trinajstić information content (AvgIpc) is 2.69. The summed E-state index contributed by atoms with van der Waals surface area (Å²) in [4.78, 5) is 25.1. The molecule has 0 bridgehead atoms. The Morgan fingerprint density at radius 3 is 1.83 bits per heavy atom. The van der Waals surface area contributed by atoms with Crippen LogP contribution >= 0.6 is 0 Å². The number of esters is 1. The molecule has 0 fully saturated rings. The summed E-state index contributed by atoms with van der Waals surface area (Å²) in [5, 5.41) is 10.4. The fraction of sp³-hybridized carbons (Fsp3) is 0.480. The van der Waals surface area contributed by atoms with E-state index in [-0.39, 0.29) is 22.7 Å². The molecule has 0 aromatic heterocycles. The number of aliphatic hydroxyl groups is 1. The van der Waals surface area contributed by atoms with Crippen molar-refractivity contribution in [2.75, 3.05) is 0 Å². The van der Waals surface area contributed by atoms with Crippen LogP contribution in [0.25, 0.3) is 0 Å². The molecule has 0 spiro atoms. The van der Waals surface area contributed by atoms with Gasteiger partial charge in [0, 0.05) is 0 Å². The summed E-state index contributed by atoms with van der Waals surface area (Å²) in [5.41, 5.74) is 1.54. The van der Waals surface area contributed by atoms with E-state index in [0.29, 0.717) is 5.56 Å². The maximum Gasteiger partial charge on any atom is 0.312 e. The van der Waals surface area contributed by atoms with Crippen molar-refractivity contribution in [3.8, 4) is 0 Å². The summed E-state index contributed by atoms with van der Waals surface area (Å²) in [6.07, 6.45) is -1.04. The molecule has 4 nitrogen and oxygen atoms in total. The molecule has 0 aliphatic rings. The number of aliphatic hydroxyl groups excluding tert-OH is 1. The molecule has 2 atom stereocenters. The van der Waals surface area contributed by atoms with Gasteiger partial charge in [-0.1, -0.05) is 102 Å². The molecule has 0 aliphatic heterocycles. The van der Waals surface area contributed by atoms with Crippen LogP contribution < -0.4 is 0 Å². The zero-order valence-corrected chi connectivity index (χ0v) is 20.1. The Balaban J connectivity index is 2.36. The topological polar surface area (TPSA) is 66.8 Å². The maximum atomic E-state index is 13.2. The van der Waals surface area contributed by atoms with Crippen LogP contribution in [0.3, 0.4) is 0 Å². The third-order valence-electron chi connectivity index (χ3n) is 6.05. The van der Waals surface area contributed by atoms with E-state index >= 15 is 0 Å². The lowest BCUT2D eigenvalue weighted by atomic mass is 9.97. The predicted octanol–water partition coefficient (Wildman–Crippen LogP) is 5.62. The first-order valence-corrected chi connectivity index (χ1v) is 12.7. The number of carbonyl (C=O) groups excluding carboxylic acids is 1. The second kappa shape index (κ2) is 9.46. The van der Waals surface area contributed by atoms with Crippen molar-refractivity contribution in [1.82, 2.24) is 0 Å². The highest BCUT2D eigenvalue weighted by Gasteiger charge is 2.55. The molecule has 164 valence electrons. The van der Waals surface area contributed by atoms with E-state index in [1.807, 2.05) is 90.1 Å². The summed E-state index contributed by atoms with van der Waals surface area (Å²) >= 11 is 0. The van der Waals surface area contributed by atoms with Gasteiger partial charge in [0.1, 0.15) is 6.61 Å². The van der Waals surface area contributed by atoms with E-state index in [4.69, 9.17) is 4.74 Å². The molecular formula is C25H36O4Si. The van der Waals surface area contributed by atoms with Gasteiger partial charge >= 0.3 is 5.97 Å². The smallest absolute Gasteiger partial charge is 0.312 e. The van der Waals surface area contributed by atoms with E-state index < -0.39 is 26.3 Å². The normalized spacial score (nSPS) is 14.8. The summed E-state index contributed by atoms with van der Waals surface area (Å²) < 4.78 is 5.62. The lowest BCUT2D eigenvalue weighted by molar-refractivity contribution is -0.153. The van der Waals surface area contributed by atoms with Crippen molar-refractivity contribution in [3.05, 3.63) is 71.8 Å². The van der Waals surface area contributed by atoms with Gasteiger partial charge < -0.3 is 14.6 Å². The number of carbonyl (C=O) groups is 1. The SMILES string of the molecule is CC(C)(C)[Si](O)(C[C@@H](C(=O)OCc1ccccc1)[C@H](O)c1ccccc1)C(C)(C)C. The van der Waals surface area contributed by atoms with Gasteiger partial charge in [-0.25, -0.2) is 0 Å². The van der Waals surface area contributed by atoms with Crippen LogP contribution in [0.1, 0.15) is 58.8 Å². The summed E-state index contributed by atoms with van der Waals surface area (Å²) in [7, 11) is -3.04. The van der Waals surface area contributed by atoms with Gasteiger partial charge in [-0.3, -0.25) is 4.79 Å². The molecule has 5 heteroatoms. The van der Waals surface area contributed by atoms with Crippen molar-refractivity contribution in [2.45, 2.75) is 70.4 Å². The molecule has 2 N–H and O–H groups in total. The zero-order valence-electron chi connectivity index (χ0n) is 19.1. The highest BCUT2D eigenvalue weighted by atomic mass is 28.4. The fourth-order valence-electron chi connectivity index (χ4n) is 4.10. The summed E-state index contributed by atoms with van der Waals surface area (Å²) in [6, 6.07) is 18.9. The Bertz CT molecular complexity index is 793. The van der Waals surface area contributed by atoms with Crippen LogP contribution in [0, 0.1) is 5.92 Å². The maximum absolute atomic E-state index is 13.2. The Morgan fingerprint density at radius 1 is 0.900 bits per heavy atom. The number of hydrogen-bond acceptors (Lipinski definition) is 4. The van der Waals surface area contributed by atoms with Crippen LogP contribution in [0.2, 0.25) is 16.1 Å². The molecule has 0 saturated heterocycles. The lowest BCUT2D eigenvalue weighted by Gasteiger charge is -2.48. The predicted molar refractivity (Wildman–Crippen MR) is 123 cm³/mol. The third kappa shape index (κ3) is 5.59. The molecule has 2 aromatic carbocycles. The molecule has 0 aliphatic carbocycles. The average molecular weight is 429 g/mol. The minimum absolute atomic E-state index is 0.142. The quantitative estimate of drug-likeness (QED) is 0.444. The van der Waals surface area contributed by atoms with Crippen LogP contribution in [-0.2, 0) is 16.1 Å². The van der Waals surface area contributed by atoms with Gasteiger partial charge in [0.05, 0.1) is 12.0 Å². The molecule has 0 saturated carbocycles. The molecule has 0 radical (unpaired) electrons. The molecule has 0 unspecified atom stereocenters. The minimum Gasteiger partial charge on any atom is -0.461 e. The van der Waals surface area contributed by atoms with Gasteiger partial charge in [-0.2, -0.15) is 0 Å². The molecule has 2 rings (SSSR count). The summed E-state index contributed by atoms with van der Waals surface area (Å²) in [6.45, 7) is 12.3. The van der Waals surface area contributed by atoms with Crippen LogP contribution in [0.15, 0.2) is 60.7 Å². The fourth-order valence-corrected chi connectivity index (χ4v) is 8.60. The second-order valence-corrected chi connectivity index (χ2v) is 15.2. The van der Waals surface area contributed by atoms with Gasteiger partial charge in [0.2, 0.25) is 0 Å². The Labute approximate surface area is 182 Å². The van der Waals surface area contributed by atoms with Crippen molar-refractivity contribution in [1.29, 1.82) is 0 Å². The van der Waals surface area contributed by atoms with Crippen molar-refractivity contribution < 1.29 is 19.4 Å². The zero-order chi connectivity index (χ0) is 22.6. The van der Waals surface area contributed by atoms with Crippen LogP contribution in [-0.4, -0.2) is 24.2 Å². The van der Waals surface area contributed by atoms with E-state index in [1.165, 1.54) is 0 Å². The van der Waals surface area contributed by atoms with Gasteiger partial charge in [-0.15, -0.1) is 0 Å². The number of ether oxygens (including phenoxy) is 1. The standard InChI is InChI=1S/C25H36O4Si/c1-24(2,3)30(28,25(4,5)6)18-21(22(26)20-15-11-8-12-16-20)23(27)29-17-19-13-9-7-10-14-19/h7-16,21-22,26,28H,17-18H2,1-6H3/t21-,22-/m1/s1. The number of hydrogen-bond donors (Lipinski definition) is 2. The number of benzene rings is 2. The third-order valence-corrected chi connectivity index (χ3v) is 12.0. The lowest BCUT2D eigenvalue weighted by Crippen LogP contribution is -2.54. The first-order chi connectivity index (χ1) is 13.9. The first-order valence-electron chi connectivity index (χ1n) is 10.5. The van der Waals surface area contributed by atoms with Crippen molar-refractivity contribution in [2.24, 2.45) is 5.92 Å². The van der Waals surface area contributed by atoms with Crippen molar-refractivity contribution >= 4 is 14.3 Å². The van der Waals surface area contributed by atoms with E-state index in [9.17, 15) is 14.7 Å². The van der Waals surface area contributed by atoms with Gasteiger partial charge in [-0.05, 0) is 27.2 Å². The Hall–Kier alpha value is -1.95. The Morgan fingerprint density at radius 2 is 1.37 bits per heavy atom. The number of rotatable bonds is 7. The van der Waals surface area contributed by atoms with Crippen molar-refractivity contribution in [3.63, 3.8) is 0 Å². The van der Waals surface area contributed by atoms with E-state index in [2.05, 4.69) is 0 Å². The van der Waals surface area contributed by atoms with E-state index in [1.54, 1.807) is 12.1 Å². The molecule has 2 aromatic rings. The summed E-state index contributed by atoms with van der Waals surface area (Å²) in [5.74, 6) is -1.32. The minimum atomic E-state index is -3.04. The van der Waals surface area contributed by atoms with Crippen LogP contribution in [0.5, 0.6) is 0 Å². The highest BCUT2D eigenvalue weighted by molar-refractivity contribution is 6.78. The molecule has 30 heavy (non-hydrogen) atoms. The van der Waals surface area contributed by atoms with E-state index in [0.717, 1.165) is 5.56 Å². The monoisotopic (exact) mass is 428 g/mol. The van der Waals surface area contributed by atoms with Gasteiger partial charge in [0.25, 0.3) is 0 Å². The highest BCUT2D eigenvalue weighted by Crippen LogP contribution is 2.53. The largest absolute Gasteiger partial charge is 0.461 e. The molecule has 0 heterocycles.